The summed E-state index contributed by atoms with van der Waals surface area (Å²) in [5.41, 5.74) is 1.39. The minimum atomic E-state index is 0. The van der Waals surface area contributed by atoms with E-state index in [2.05, 4.69) is 36.0 Å². The van der Waals surface area contributed by atoms with Crippen molar-refractivity contribution in [1.29, 1.82) is 0 Å². The Morgan fingerprint density at radius 2 is 2.08 bits per heavy atom. The number of aryl methyl sites for hydroxylation is 1. The van der Waals surface area contributed by atoms with E-state index in [0.29, 0.717) is 6.10 Å². The summed E-state index contributed by atoms with van der Waals surface area (Å²) < 4.78 is 7.33. The van der Waals surface area contributed by atoms with Crippen LogP contribution in [-0.4, -0.2) is 12.7 Å². The normalized spacial score (nSPS) is 19.3. The number of pyridine rings is 1. The van der Waals surface area contributed by atoms with Crippen LogP contribution < -0.4 is 17.0 Å². The maximum atomic E-state index is 5.15. The molecule has 0 aliphatic carbocycles. The van der Waals surface area contributed by atoms with Gasteiger partial charge in [-0.25, -0.2) is 4.57 Å². The van der Waals surface area contributed by atoms with Crippen LogP contribution in [0.15, 0.2) is 24.5 Å². The van der Waals surface area contributed by atoms with E-state index < -0.39 is 0 Å². The van der Waals surface area contributed by atoms with Crippen molar-refractivity contribution in [2.45, 2.75) is 26.0 Å². The Kier molecular flexibility index (Phi) is 3.70. The largest absolute Gasteiger partial charge is 1.00 e. The molecule has 1 aromatic heterocycles. The molecule has 0 spiro atoms. The second-order valence-corrected chi connectivity index (χ2v) is 3.21. The Balaban J connectivity index is 0.000000845. The van der Waals surface area contributed by atoms with Crippen molar-refractivity contribution < 1.29 is 21.7 Å². The van der Waals surface area contributed by atoms with Gasteiger partial charge in [0.05, 0.1) is 6.61 Å². The molecule has 1 aromatic rings. The van der Waals surface area contributed by atoms with Crippen molar-refractivity contribution >= 4 is 0 Å². The summed E-state index contributed by atoms with van der Waals surface area (Å²) >= 11 is 0. The molecule has 1 saturated heterocycles. The molecule has 0 radical (unpaired) electrons. The summed E-state index contributed by atoms with van der Waals surface area (Å²) in [7, 11) is 0. The first-order valence-corrected chi connectivity index (χ1v) is 4.48. The van der Waals surface area contributed by atoms with Crippen LogP contribution >= 0.6 is 0 Å². The molecule has 1 unspecified atom stereocenters. The van der Waals surface area contributed by atoms with Crippen molar-refractivity contribution in [3.8, 4) is 0 Å². The number of nitrogens with zero attached hydrogens (tertiary/aromatic N) is 1. The lowest BCUT2D eigenvalue weighted by Crippen LogP contribution is -3.00. The first-order valence-electron chi connectivity index (χ1n) is 4.48. The van der Waals surface area contributed by atoms with E-state index in [1.165, 1.54) is 5.56 Å². The molecule has 1 aliphatic rings. The predicted octanol–water partition coefficient (Wildman–Crippen LogP) is -2.06. The lowest BCUT2D eigenvalue weighted by atomic mass is 10.2. The zero-order valence-electron chi connectivity index (χ0n) is 7.74. The smallest absolute Gasteiger partial charge is 0.176 e. The molecule has 1 aliphatic heterocycles. The number of hydrogen-bond donors (Lipinski definition) is 0. The van der Waals surface area contributed by atoms with Gasteiger partial charge in [-0.3, -0.25) is 0 Å². The van der Waals surface area contributed by atoms with Gasteiger partial charge in [0.2, 0.25) is 0 Å². The van der Waals surface area contributed by atoms with E-state index in [4.69, 9.17) is 4.74 Å². The number of epoxide rings is 1. The molecular formula is C10H14ClNO. The van der Waals surface area contributed by atoms with Crippen molar-refractivity contribution in [1.82, 2.24) is 0 Å². The fourth-order valence-electron chi connectivity index (χ4n) is 1.25. The summed E-state index contributed by atoms with van der Waals surface area (Å²) in [5.74, 6) is 0. The van der Waals surface area contributed by atoms with E-state index in [0.717, 1.165) is 19.6 Å². The lowest BCUT2D eigenvalue weighted by Gasteiger charge is -1.94. The van der Waals surface area contributed by atoms with Gasteiger partial charge in [-0.15, -0.1) is 0 Å². The number of halogens is 1. The van der Waals surface area contributed by atoms with Gasteiger partial charge in [0, 0.05) is 12.1 Å². The Hall–Kier alpha value is -0.600. The average molecular weight is 200 g/mol. The molecule has 2 rings (SSSR count). The van der Waals surface area contributed by atoms with Crippen LogP contribution in [0.25, 0.3) is 0 Å². The quantitative estimate of drug-likeness (QED) is 0.404. The molecule has 2 heterocycles. The molecule has 1 atom stereocenters. The third-order valence-corrected chi connectivity index (χ3v) is 2.19. The lowest BCUT2D eigenvalue weighted by molar-refractivity contribution is -0.698. The molecule has 13 heavy (non-hydrogen) atoms. The van der Waals surface area contributed by atoms with Crippen LogP contribution in [0, 0.1) is 0 Å². The number of hydrogen-bond acceptors (Lipinski definition) is 1. The SMILES string of the molecule is CCc1cc[n+](CC2CO2)cc1.[Cl-]. The summed E-state index contributed by atoms with van der Waals surface area (Å²) in [6.45, 7) is 4.11. The Morgan fingerprint density at radius 1 is 1.46 bits per heavy atom. The Bertz CT molecular complexity index is 256. The molecule has 0 aromatic carbocycles. The van der Waals surface area contributed by atoms with Gasteiger partial charge in [-0.1, -0.05) is 6.92 Å². The maximum absolute atomic E-state index is 5.15. The van der Waals surface area contributed by atoms with Gasteiger partial charge in [-0.05, 0) is 12.0 Å². The average Bonchev–Trinajstić information content (AvgIpc) is 2.90. The summed E-state index contributed by atoms with van der Waals surface area (Å²) in [6, 6.07) is 4.34. The monoisotopic (exact) mass is 199 g/mol. The number of aromatic nitrogens is 1. The van der Waals surface area contributed by atoms with Gasteiger partial charge in [0.1, 0.15) is 6.10 Å². The Labute approximate surface area is 84.9 Å². The third kappa shape index (κ3) is 2.98. The first-order chi connectivity index (χ1) is 5.88. The van der Waals surface area contributed by atoms with E-state index in [1.54, 1.807) is 0 Å². The fraction of sp³-hybridized carbons (Fsp3) is 0.500. The van der Waals surface area contributed by atoms with Gasteiger partial charge >= 0.3 is 0 Å². The van der Waals surface area contributed by atoms with Crippen LogP contribution in [0.4, 0.5) is 0 Å². The van der Waals surface area contributed by atoms with Crippen molar-refractivity contribution in [2.75, 3.05) is 6.61 Å². The molecular weight excluding hydrogens is 186 g/mol. The van der Waals surface area contributed by atoms with Crippen molar-refractivity contribution in [3.63, 3.8) is 0 Å². The highest BCUT2D eigenvalue weighted by atomic mass is 35.5. The summed E-state index contributed by atoms with van der Waals surface area (Å²) in [5, 5.41) is 0. The van der Waals surface area contributed by atoms with E-state index in [1.807, 2.05) is 0 Å². The first kappa shape index (κ1) is 10.5. The van der Waals surface area contributed by atoms with Crippen molar-refractivity contribution in [2.24, 2.45) is 0 Å². The molecule has 0 N–H and O–H groups in total. The van der Waals surface area contributed by atoms with Gasteiger partial charge in [0.25, 0.3) is 0 Å². The standard InChI is InChI=1S/C10H14NO.ClH/c1-2-9-3-5-11(6-4-9)7-10-8-12-10;/h3-6,10H,2,7-8H2,1H3;1H/q+1;/p-1. The fourth-order valence-corrected chi connectivity index (χ4v) is 1.25. The van der Waals surface area contributed by atoms with Crippen LogP contribution in [0.5, 0.6) is 0 Å². The Morgan fingerprint density at radius 3 is 2.54 bits per heavy atom. The van der Waals surface area contributed by atoms with E-state index in [-0.39, 0.29) is 12.4 Å². The number of rotatable bonds is 3. The van der Waals surface area contributed by atoms with E-state index in [9.17, 15) is 0 Å². The molecule has 0 saturated carbocycles. The minimum Gasteiger partial charge on any atom is -1.00 e. The topological polar surface area (TPSA) is 16.4 Å². The molecule has 2 nitrogen and oxygen atoms in total. The molecule has 1 fully saturated rings. The highest BCUT2D eigenvalue weighted by Crippen LogP contribution is 2.07. The predicted molar refractivity (Wildman–Crippen MR) is 45.8 cm³/mol. The molecule has 0 amide bonds. The van der Waals surface area contributed by atoms with E-state index >= 15 is 0 Å². The summed E-state index contributed by atoms with van der Waals surface area (Å²) in [4.78, 5) is 0. The number of ether oxygens (including phenoxy) is 1. The van der Waals surface area contributed by atoms with Gasteiger partial charge < -0.3 is 17.1 Å². The van der Waals surface area contributed by atoms with Crippen molar-refractivity contribution in [3.05, 3.63) is 30.1 Å². The van der Waals surface area contributed by atoms with Crippen LogP contribution in [0.3, 0.4) is 0 Å². The highest BCUT2D eigenvalue weighted by molar-refractivity contribution is 5.06. The minimum absolute atomic E-state index is 0. The highest BCUT2D eigenvalue weighted by Gasteiger charge is 2.26. The molecule has 72 valence electrons. The zero-order chi connectivity index (χ0) is 8.39. The zero-order valence-corrected chi connectivity index (χ0v) is 8.50. The van der Waals surface area contributed by atoms with Crippen LogP contribution in [-0.2, 0) is 17.7 Å². The third-order valence-electron chi connectivity index (χ3n) is 2.19. The molecule has 3 heteroatoms. The van der Waals surface area contributed by atoms with Gasteiger partial charge in [0.15, 0.2) is 18.9 Å². The van der Waals surface area contributed by atoms with Crippen LogP contribution in [0.2, 0.25) is 0 Å². The second kappa shape index (κ2) is 4.58. The van der Waals surface area contributed by atoms with Gasteiger partial charge in [-0.2, -0.15) is 0 Å². The summed E-state index contributed by atoms with van der Waals surface area (Å²) in [6.07, 6.45) is 5.84. The maximum Gasteiger partial charge on any atom is 0.176 e. The molecule has 0 bridgehead atoms. The van der Waals surface area contributed by atoms with Crippen LogP contribution in [0.1, 0.15) is 12.5 Å². The second-order valence-electron chi connectivity index (χ2n) is 3.21.